The van der Waals surface area contributed by atoms with E-state index in [4.69, 9.17) is 4.74 Å². The summed E-state index contributed by atoms with van der Waals surface area (Å²) in [6.45, 7) is 7.60. The summed E-state index contributed by atoms with van der Waals surface area (Å²) in [5, 5.41) is 2.51. The summed E-state index contributed by atoms with van der Waals surface area (Å²) in [5.74, 6) is 0.500. The number of aldehydes is 1. The quantitative estimate of drug-likeness (QED) is 0.346. The predicted molar refractivity (Wildman–Crippen MR) is 62.6 cm³/mol. The first kappa shape index (κ1) is 14.6. The minimum atomic E-state index is -0.512. The Hall–Kier alpha value is -1.39. The number of rotatable bonds is 4. The number of amides is 1. The van der Waals surface area contributed by atoms with E-state index in [2.05, 4.69) is 10.3 Å². The normalized spacial score (nSPS) is 12.1. The van der Waals surface area contributed by atoms with Crippen molar-refractivity contribution >= 4 is 18.2 Å². The number of nitrogens with zero attached hydrogens (tertiary/aromatic N) is 1. The van der Waals surface area contributed by atoms with Crippen LogP contribution in [0.15, 0.2) is 4.99 Å². The molecule has 0 heterocycles. The second kappa shape index (κ2) is 6.98. The molecular weight excluding hydrogens is 208 g/mol. The van der Waals surface area contributed by atoms with Crippen LogP contribution in [0.1, 0.15) is 40.5 Å². The maximum Gasteiger partial charge on any atom is 0.413 e. The van der Waals surface area contributed by atoms with Crippen LogP contribution in [0.4, 0.5) is 4.79 Å². The molecule has 0 rings (SSSR count). The Bertz CT molecular complexity index is 267. The Morgan fingerprint density at radius 3 is 2.56 bits per heavy atom. The fraction of sp³-hybridized carbons (Fsp3) is 0.727. The number of ether oxygens (including phenoxy) is 1. The Morgan fingerprint density at radius 1 is 1.44 bits per heavy atom. The standard InChI is InChI=1S/C11H20N2O3/c1-9(12-7-5-6-8-14)13-10(15)16-11(2,3)4/h8H,5-7H2,1-4H3,(H,12,13,15). The maximum absolute atomic E-state index is 11.3. The Morgan fingerprint density at radius 2 is 2.06 bits per heavy atom. The molecule has 5 nitrogen and oxygen atoms in total. The average molecular weight is 228 g/mol. The van der Waals surface area contributed by atoms with Gasteiger partial charge in [0, 0.05) is 13.0 Å². The summed E-state index contributed by atoms with van der Waals surface area (Å²) in [4.78, 5) is 25.4. The van der Waals surface area contributed by atoms with E-state index in [1.807, 2.05) is 0 Å². The van der Waals surface area contributed by atoms with E-state index in [9.17, 15) is 9.59 Å². The Kier molecular flexibility index (Phi) is 6.37. The van der Waals surface area contributed by atoms with Crippen molar-refractivity contribution in [1.29, 1.82) is 0 Å². The largest absolute Gasteiger partial charge is 0.444 e. The number of hydrogen-bond donors (Lipinski definition) is 1. The van der Waals surface area contributed by atoms with Crippen molar-refractivity contribution in [3.8, 4) is 0 Å². The number of amidine groups is 1. The van der Waals surface area contributed by atoms with Crippen molar-refractivity contribution in [2.75, 3.05) is 6.54 Å². The van der Waals surface area contributed by atoms with Gasteiger partial charge < -0.3 is 9.53 Å². The number of hydrogen-bond acceptors (Lipinski definition) is 4. The van der Waals surface area contributed by atoms with Crippen LogP contribution in [0.5, 0.6) is 0 Å². The number of unbranched alkanes of at least 4 members (excludes halogenated alkanes) is 1. The van der Waals surface area contributed by atoms with Crippen LogP contribution in [0.25, 0.3) is 0 Å². The molecule has 0 bridgehead atoms. The van der Waals surface area contributed by atoms with Gasteiger partial charge in [-0.3, -0.25) is 10.3 Å². The fourth-order valence-corrected chi connectivity index (χ4v) is 0.912. The van der Waals surface area contributed by atoms with E-state index >= 15 is 0 Å². The van der Waals surface area contributed by atoms with Crippen molar-refractivity contribution in [3.63, 3.8) is 0 Å². The van der Waals surface area contributed by atoms with Gasteiger partial charge in [0.25, 0.3) is 0 Å². The fourth-order valence-electron chi connectivity index (χ4n) is 0.912. The topological polar surface area (TPSA) is 67.8 Å². The summed E-state index contributed by atoms with van der Waals surface area (Å²) in [5.41, 5.74) is -0.512. The van der Waals surface area contributed by atoms with Crippen molar-refractivity contribution in [2.45, 2.75) is 46.1 Å². The first-order valence-electron chi connectivity index (χ1n) is 5.30. The van der Waals surface area contributed by atoms with Gasteiger partial charge in [-0.2, -0.15) is 0 Å². The van der Waals surface area contributed by atoms with E-state index in [1.165, 1.54) is 0 Å². The minimum absolute atomic E-state index is 0.489. The predicted octanol–water partition coefficient (Wildman–Crippen LogP) is 1.91. The highest BCUT2D eigenvalue weighted by atomic mass is 16.6. The van der Waals surface area contributed by atoms with Crippen LogP contribution in [0, 0.1) is 0 Å². The molecule has 5 heteroatoms. The molecule has 0 fully saturated rings. The lowest BCUT2D eigenvalue weighted by atomic mass is 10.2. The van der Waals surface area contributed by atoms with Gasteiger partial charge in [-0.15, -0.1) is 0 Å². The van der Waals surface area contributed by atoms with Crippen LogP contribution in [-0.2, 0) is 9.53 Å². The summed E-state index contributed by atoms with van der Waals surface area (Å²) < 4.78 is 5.05. The highest BCUT2D eigenvalue weighted by molar-refractivity contribution is 5.93. The SMILES string of the molecule is CC(=NCCCC=O)NC(=O)OC(C)(C)C. The lowest BCUT2D eigenvalue weighted by Gasteiger charge is -2.19. The molecule has 0 unspecified atom stereocenters. The number of carbonyl (C=O) groups excluding carboxylic acids is 2. The van der Waals surface area contributed by atoms with Crippen molar-refractivity contribution in [1.82, 2.24) is 5.32 Å². The minimum Gasteiger partial charge on any atom is -0.444 e. The molecule has 0 radical (unpaired) electrons. The monoisotopic (exact) mass is 228 g/mol. The molecule has 0 aromatic heterocycles. The van der Waals surface area contributed by atoms with E-state index in [-0.39, 0.29) is 0 Å². The lowest BCUT2D eigenvalue weighted by Crippen LogP contribution is -2.35. The zero-order valence-corrected chi connectivity index (χ0v) is 10.4. The third-order valence-electron chi connectivity index (χ3n) is 1.51. The first-order chi connectivity index (χ1) is 7.35. The molecule has 0 aromatic carbocycles. The van der Waals surface area contributed by atoms with Gasteiger partial charge in [0.2, 0.25) is 0 Å². The highest BCUT2D eigenvalue weighted by Gasteiger charge is 2.16. The third kappa shape index (κ3) is 9.18. The van der Waals surface area contributed by atoms with Gasteiger partial charge in [0.15, 0.2) is 0 Å². The maximum atomic E-state index is 11.3. The number of carbonyl (C=O) groups is 2. The van der Waals surface area contributed by atoms with E-state index < -0.39 is 11.7 Å². The smallest absolute Gasteiger partial charge is 0.413 e. The molecule has 0 aliphatic heterocycles. The zero-order chi connectivity index (χ0) is 12.6. The van der Waals surface area contributed by atoms with Crippen LogP contribution in [0.2, 0.25) is 0 Å². The highest BCUT2D eigenvalue weighted by Crippen LogP contribution is 2.06. The van der Waals surface area contributed by atoms with Gasteiger partial charge in [-0.1, -0.05) is 0 Å². The summed E-state index contributed by atoms with van der Waals surface area (Å²) >= 11 is 0. The second-order valence-corrected chi connectivity index (χ2v) is 4.40. The molecular formula is C11H20N2O3. The van der Waals surface area contributed by atoms with Crippen LogP contribution >= 0.6 is 0 Å². The van der Waals surface area contributed by atoms with Gasteiger partial charge in [-0.05, 0) is 34.1 Å². The first-order valence-corrected chi connectivity index (χ1v) is 5.30. The molecule has 0 atom stereocenters. The lowest BCUT2D eigenvalue weighted by molar-refractivity contribution is -0.107. The molecule has 0 saturated carbocycles. The van der Waals surface area contributed by atoms with Gasteiger partial charge >= 0.3 is 6.09 Å². The summed E-state index contributed by atoms with van der Waals surface area (Å²) in [7, 11) is 0. The average Bonchev–Trinajstić information content (AvgIpc) is 2.09. The van der Waals surface area contributed by atoms with E-state index in [0.29, 0.717) is 25.2 Å². The van der Waals surface area contributed by atoms with Crippen molar-refractivity contribution < 1.29 is 14.3 Å². The molecule has 0 spiro atoms. The van der Waals surface area contributed by atoms with Gasteiger partial charge in [0.1, 0.15) is 17.7 Å². The van der Waals surface area contributed by atoms with E-state index in [0.717, 1.165) is 6.29 Å². The Labute approximate surface area is 96.3 Å². The molecule has 1 amide bonds. The Balaban J connectivity index is 3.89. The van der Waals surface area contributed by atoms with Crippen LogP contribution < -0.4 is 5.32 Å². The third-order valence-corrected chi connectivity index (χ3v) is 1.51. The molecule has 0 aliphatic carbocycles. The zero-order valence-electron chi connectivity index (χ0n) is 10.4. The molecule has 92 valence electrons. The van der Waals surface area contributed by atoms with Crippen LogP contribution in [-0.4, -0.2) is 30.4 Å². The van der Waals surface area contributed by atoms with Crippen LogP contribution in [0.3, 0.4) is 0 Å². The molecule has 0 saturated heterocycles. The number of alkyl carbamates (subject to hydrolysis) is 1. The molecule has 0 aliphatic rings. The molecule has 0 aromatic rings. The van der Waals surface area contributed by atoms with Crippen molar-refractivity contribution in [3.05, 3.63) is 0 Å². The van der Waals surface area contributed by atoms with E-state index in [1.54, 1.807) is 27.7 Å². The molecule has 16 heavy (non-hydrogen) atoms. The molecule has 1 N–H and O–H groups in total. The van der Waals surface area contributed by atoms with Gasteiger partial charge in [0.05, 0.1) is 0 Å². The number of aliphatic imine (C=N–C) groups is 1. The van der Waals surface area contributed by atoms with Crippen molar-refractivity contribution in [2.24, 2.45) is 4.99 Å². The second-order valence-electron chi connectivity index (χ2n) is 4.40. The van der Waals surface area contributed by atoms with Gasteiger partial charge in [-0.25, -0.2) is 4.79 Å². The summed E-state index contributed by atoms with van der Waals surface area (Å²) in [6.07, 6.45) is 1.52. The number of nitrogens with one attached hydrogen (secondary N) is 1. The summed E-state index contributed by atoms with van der Waals surface area (Å²) in [6, 6.07) is 0.